The molecule has 176 valence electrons. The quantitative estimate of drug-likeness (QED) is 0.405. The van der Waals surface area contributed by atoms with Crippen LogP contribution in [0.1, 0.15) is 60.4 Å². The molecule has 3 aromatic carbocycles. The molecule has 0 radical (unpaired) electrons. The Morgan fingerprint density at radius 3 is 2.52 bits per heavy atom. The van der Waals surface area contributed by atoms with Gasteiger partial charge in [-0.05, 0) is 85.7 Å². The summed E-state index contributed by atoms with van der Waals surface area (Å²) in [5, 5.41) is 12.8. The summed E-state index contributed by atoms with van der Waals surface area (Å²) in [5.74, 6) is 2.55. The van der Waals surface area contributed by atoms with E-state index >= 15 is 0 Å². The maximum absolute atomic E-state index is 10.4. The summed E-state index contributed by atoms with van der Waals surface area (Å²) in [6.45, 7) is 11.7. The molecule has 0 fully saturated rings. The summed E-state index contributed by atoms with van der Waals surface area (Å²) < 4.78 is 18.0. The second-order valence-corrected chi connectivity index (χ2v) is 9.78. The number of aromatic hydroxyl groups is 1. The summed E-state index contributed by atoms with van der Waals surface area (Å²) in [7, 11) is 1.70. The third-order valence-corrected chi connectivity index (χ3v) is 7.38. The van der Waals surface area contributed by atoms with Gasteiger partial charge >= 0.3 is 0 Å². The second-order valence-electron chi connectivity index (χ2n) is 9.78. The predicted molar refractivity (Wildman–Crippen MR) is 134 cm³/mol. The number of rotatable bonds is 7. The lowest BCUT2D eigenvalue weighted by atomic mass is 9.86. The number of phenolic OH excluding ortho intramolecular Hbond substituents is 1. The Balaban J connectivity index is 1.35. The van der Waals surface area contributed by atoms with Gasteiger partial charge in [0.25, 0.3) is 0 Å². The lowest BCUT2D eigenvalue weighted by molar-refractivity contribution is 0.0162. The zero-order valence-corrected chi connectivity index (χ0v) is 20.7. The van der Waals surface area contributed by atoms with Crippen LogP contribution in [0.25, 0.3) is 10.8 Å². The van der Waals surface area contributed by atoms with Gasteiger partial charge in [0.2, 0.25) is 0 Å². The average molecular weight is 449 g/mol. The van der Waals surface area contributed by atoms with E-state index < -0.39 is 0 Å². The first-order valence-corrected chi connectivity index (χ1v) is 11.9. The maximum Gasteiger partial charge on any atom is 0.127 e. The fourth-order valence-electron chi connectivity index (χ4n) is 4.79. The van der Waals surface area contributed by atoms with Crippen LogP contribution in [-0.4, -0.2) is 31.0 Å². The highest BCUT2D eigenvalue weighted by molar-refractivity contribution is 5.84. The topological polar surface area (TPSA) is 47.9 Å². The van der Waals surface area contributed by atoms with E-state index in [1.807, 2.05) is 26.8 Å². The van der Waals surface area contributed by atoms with Crippen LogP contribution in [0.3, 0.4) is 0 Å². The molecule has 1 N–H and O–H groups in total. The normalized spacial score (nSPS) is 18.6. The lowest BCUT2D eigenvalue weighted by Crippen LogP contribution is -2.38. The minimum absolute atomic E-state index is 0.251. The molecule has 0 saturated heterocycles. The molecule has 0 saturated carbocycles. The molecule has 0 amide bonds. The van der Waals surface area contributed by atoms with Crippen LogP contribution in [0.4, 0.5) is 0 Å². The van der Waals surface area contributed by atoms with E-state index in [-0.39, 0.29) is 5.60 Å². The summed E-state index contributed by atoms with van der Waals surface area (Å²) in [4.78, 5) is 0. The molecule has 2 unspecified atom stereocenters. The summed E-state index contributed by atoms with van der Waals surface area (Å²) in [6, 6.07) is 12.8. The van der Waals surface area contributed by atoms with Crippen molar-refractivity contribution in [3.8, 4) is 17.2 Å². The van der Waals surface area contributed by atoms with Gasteiger partial charge in [-0.25, -0.2) is 0 Å². The molecule has 0 bridgehead atoms. The van der Waals surface area contributed by atoms with Crippen molar-refractivity contribution in [3.63, 3.8) is 0 Å². The highest BCUT2D eigenvalue weighted by Crippen LogP contribution is 2.44. The smallest absolute Gasteiger partial charge is 0.127 e. The first kappa shape index (κ1) is 23.4. The van der Waals surface area contributed by atoms with Gasteiger partial charge in [0.05, 0.1) is 20.3 Å². The Labute approximate surface area is 197 Å². The third kappa shape index (κ3) is 4.67. The standard InChI is InChI=1S/C29H36O4/c1-18(22-7-8-24-16-25(31-6)10-9-23(24)15-22)17-32-14-13-29(5)12-11-26-21(4)27(30)19(2)20(3)28(26)33-29/h7-10,15-16,18,30H,11-14,17H2,1-6H3. The molecule has 0 spiro atoms. The molecule has 1 aliphatic rings. The van der Waals surface area contributed by atoms with Gasteiger partial charge in [-0.3, -0.25) is 0 Å². The molecule has 0 aromatic heterocycles. The van der Waals surface area contributed by atoms with E-state index in [1.54, 1.807) is 7.11 Å². The first-order chi connectivity index (χ1) is 15.7. The number of methoxy groups -OCH3 is 1. The van der Waals surface area contributed by atoms with Crippen molar-refractivity contribution in [2.45, 2.75) is 65.4 Å². The Bertz CT molecular complexity index is 1170. The molecule has 4 rings (SSSR count). The Kier molecular flexibility index (Phi) is 6.58. The van der Waals surface area contributed by atoms with Gasteiger partial charge in [-0.2, -0.15) is 0 Å². The van der Waals surface area contributed by atoms with E-state index in [9.17, 15) is 5.11 Å². The van der Waals surface area contributed by atoms with Gasteiger partial charge in [-0.15, -0.1) is 0 Å². The summed E-state index contributed by atoms with van der Waals surface area (Å²) in [5.41, 5.74) is 5.09. The number of fused-ring (bicyclic) bond motifs is 2. The minimum atomic E-state index is -0.251. The number of ether oxygens (including phenoxy) is 3. The number of hydrogen-bond donors (Lipinski definition) is 1. The molecule has 4 nitrogen and oxygen atoms in total. The Morgan fingerprint density at radius 1 is 1.03 bits per heavy atom. The number of phenols is 1. The van der Waals surface area contributed by atoms with Crippen molar-refractivity contribution in [1.82, 2.24) is 0 Å². The molecular weight excluding hydrogens is 412 g/mol. The van der Waals surface area contributed by atoms with E-state index in [0.29, 0.717) is 24.9 Å². The highest BCUT2D eigenvalue weighted by Gasteiger charge is 2.34. The van der Waals surface area contributed by atoms with E-state index in [4.69, 9.17) is 14.2 Å². The molecule has 1 aliphatic heterocycles. The fourth-order valence-corrected chi connectivity index (χ4v) is 4.79. The predicted octanol–water partition coefficient (Wildman–Crippen LogP) is 6.77. The van der Waals surface area contributed by atoms with E-state index in [0.717, 1.165) is 53.0 Å². The highest BCUT2D eigenvalue weighted by atomic mass is 16.5. The molecule has 4 heteroatoms. The fraction of sp³-hybridized carbons (Fsp3) is 0.448. The van der Waals surface area contributed by atoms with Crippen LogP contribution in [0.5, 0.6) is 17.2 Å². The summed E-state index contributed by atoms with van der Waals surface area (Å²) in [6.07, 6.45) is 2.69. The zero-order valence-electron chi connectivity index (χ0n) is 20.7. The molecular formula is C29H36O4. The minimum Gasteiger partial charge on any atom is -0.507 e. The van der Waals surface area contributed by atoms with Crippen LogP contribution >= 0.6 is 0 Å². The van der Waals surface area contributed by atoms with Gasteiger partial charge in [0, 0.05) is 17.9 Å². The maximum atomic E-state index is 10.4. The molecule has 2 atom stereocenters. The van der Waals surface area contributed by atoms with Gasteiger partial charge < -0.3 is 19.3 Å². The van der Waals surface area contributed by atoms with Crippen molar-refractivity contribution < 1.29 is 19.3 Å². The SMILES string of the molecule is COc1ccc2cc(C(C)COCCC3(C)CCc4c(C)c(O)c(C)c(C)c4O3)ccc2c1. The molecule has 3 aromatic rings. The molecule has 33 heavy (non-hydrogen) atoms. The van der Waals surface area contributed by atoms with Crippen LogP contribution in [0.2, 0.25) is 0 Å². The van der Waals surface area contributed by atoms with Crippen molar-refractivity contribution >= 4 is 10.8 Å². The summed E-state index contributed by atoms with van der Waals surface area (Å²) >= 11 is 0. The van der Waals surface area contributed by atoms with E-state index in [2.05, 4.69) is 44.2 Å². The molecule has 0 aliphatic carbocycles. The number of hydrogen-bond acceptors (Lipinski definition) is 4. The van der Waals surface area contributed by atoms with Crippen molar-refractivity contribution in [3.05, 3.63) is 64.2 Å². The first-order valence-electron chi connectivity index (χ1n) is 11.9. The third-order valence-electron chi connectivity index (χ3n) is 7.38. The monoisotopic (exact) mass is 448 g/mol. The van der Waals surface area contributed by atoms with Crippen LogP contribution in [0, 0.1) is 20.8 Å². The lowest BCUT2D eigenvalue weighted by Gasteiger charge is -2.38. The van der Waals surface area contributed by atoms with Crippen molar-refractivity contribution in [2.75, 3.05) is 20.3 Å². The van der Waals surface area contributed by atoms with Crippen molar-refractivity contribution in [1.29, 1.82) is 0 Å². The van der Waals surface area contributed by atoms with Gasteiger partial charge in [0.1, 0.15) is 22.8 Å². The largest absolute Gasteiger partial charge is 0.507 e. The molecule has 1 heterocycles. The number of benzene rings is 3. The van der Waals surface area contributed by atoms with Gasteiger partial charge in [0.15, 0.2) is 0 Å². The second kappa shape index (κ2) is 9.26. The van der Waals surface area contributed by atoms with Gasteiger partial charge in [-0.1, -0.05) is 31.2 Å². The Morgan fingerprint density at radius 2 is 1.76 bits per heavy atom. The van der Waals surface area contributed by atoms with E-state index in [1.165, 1.54) is 16.3 Å². The average Bonchev–Trinajstić information content (AvgIpc) is 2.83. The van der Waals surface area contributed by atoms with Crippen molar-refractivity contribution in [2.24, 2.45) is 0 Å². The zero-order chi connectivity index (χ0) is 23.8. The Hall–Kier alpha value is -2.72. The van der Waals surface area contributed by atoms with Crippen LogP contribution in [-0.2, 0) is 11.2 Å². The van der Waals surface area contributed by atoms with Crippen LogP contribution in [0.15, 0.2) is 36.4 Å². The van der Waals surface area contributed by atoms with Crippen LogP contribution < -0.4 is 9.47 Å².